The maximum absolute atomic E-state index is 13.1. The van der Waals surface area contributed by atoms with E-state index in [0.717, 1.165) is 24.9 Å². The Hall–Kier alpha value is -3.48. The van der Waals surface area contributed by atoms with Gasteiger partial charge in [0.05, 0.1) is 0 Å². The van der Waals surface area contributed by atoms with Crippen LogP contribution >= 0.6 is 0 Å². The monoisotopic (exact) mass is 401 g/mol. The first kappa shape index (κ1) is 18.5. The van der Waals surface area contributed by atoms with E-state index in [2.05, 4.69) is 44.9 Å². The number of pyridine rings is 1. The van der Waals surface area contributed by atoms with Gasteiger partial charge in [-0.2, -0.15) is 0 Å². The summed E-state index contributed by atoms with van der Waals surface area (Å²) in [7, 11) is 0. The van der Waals surface area contributed by atoms with Gasteiger partial charge in [-0.25, -0.2) is 0 Å². The maximum Gasteiger partial charge on any atom is 0.266 e. The van der Waals surface area contributed by atoms with Crippen molar-refractivity contribution in [3.05, 3.63) is 66.3 Å². The van der Waals surface area contributed by atoms with Crippen LogP contribution in [0.2, 0.25) is 0 Å². The molecule has 0 saturated carbocycles. The van der Waals surface area contributed by atoms with Crippen LogP contribution in [0.4, 0.5) is 0 Å². The number of benzene rings is 1. The molecule has 1 atom stereocenters. The van der Waals surface area contributed by atoms with Crippen LogP contribution in [0.15, 0.2) is 59.1 Å². The molecule has 1 aromatic carbocycles. The molecule has 1 aliphatic rings. The zero-order valence-corrected chi connectivity index (χ0v) is 16.9. The number of fused-ring (bicyclic) bond motifs is 1. The minimum Gasteiger partial charge on any atom is -0.417 e. The van der Waals surface area contributed by atoms with Crippen LogP contribution in [0.5, 0.6) is 0 Å². The van der Waals surface area contributed by atoms with Gasteiger partial charge in [-0.15, -0.1) is 10.2 Å². The number of nitrogens with zero attached hydrogens (tertiary/aromatic N) is 5. The standard InChI is InChI=1S/C23H23N5O2/c1-16-15-17-7-2-3-9-19(17)27(16)14-11-21(29)28-13-6-10-20(28)23-26-25-22(30-23)18-8-4-5-12-24-18/h2-5,7-9,12,15,20H,6,10-11,13-14H2,1H3. The summed E-state index contributed by atoms with van der Waals surface area (Å²) in [4.78, 5) is 19.2. The number of amides is 1. The molecular formula is C23H23N5O2. The molecule has 7 heteroatoms. The average molecular weight is 401 g/mol. The lowest BCUT2D eigenvalue weighted by Gasteiger charge is -2.22. The van der Waals surface area contributed by atoms with Crippen molar-refractivity contribution in [3.63, 3.8) is 0 Å². The molecule has 1 aliphatic heterocycles. The maximum atomic E-state index is 13.1. The Morgan fingerprint density at radius 1 is 1.17 bits per heavy atom. The van der Waals surface area contributed by atoms with Crippen molar-refractivity contribution < 1.29 is 9.21 Å². The Labute approximate surface area is 174 Å². The second-order valence-electron chi connectivity index (χ2n) is 7.65. The van der Waals surface area contributed by atoms with Gasteiger partial charge in [0.1, 0.15) is 11.7 Å². The van der Waals surface area contributed by atoms with E-state index in [9.17, 15) is 4.79 Å². The molecule has 1 saturated heterocycles. The number of hydrogen-bond acceptors (Lipinski definition) is 5. The lowest BCUT2D eigenvalue weighted by atomic mass is 10.2. The van der Waals surface area contributed by atoms with Crippen molar-refractivity contribution in [2.75, 3.05) is 6.54 Å². The van der Waals surface area contributed by atoms with E-state index in [4.69, 9.17) is 4.42 Å². The highest BCUT2D eigenvalue weighted by molar-refractivity contribution is 5.82. The van der Waals surface area contributed by atoms with Crippen LogP contribution in [0.3, 0.4) is 0 Å². The molecule has 1 amide bonds. The van der Waals surface area contributed by atoms with E-state index in [0.29, 0.717) is 30.4 Å². The third-order valence-electron chi connectivity index (χ3n) is 5.75. The van der Waals surface area contributed by atoms with Gasteiger partial charge in [0.2, 0.25) is 11.8 Å². The van der Waals surface area contributed by atoms with E-state index >= 15 is 0 Å². The Balaban J connectivity index is 1.31. The summed E-state index contributed by atoms with van der Waals surface area (Å²) < 4.78 is 8.09. The number of hydrogen-bond donors (Lipinski definition) is 0. The van der Waals surface area contributed by atoms with Crippen molar-refractivity contribution in [2.45, 2.75) is 38.8 Å². The van der Waals surface area contributed by atoms with Crippen LogP contribution in [0.25, 0.3) is 22.5 Å². The Bertz CT molecular complexity index is 1180. The quantitative estimate of drug-likeness (QED) is 0.502. The van der Waals surface area contributed by atoms with E-state index in [-0.39, 0.29) is 11.9 Å². The third-order valence-corrected chi connectivity index (χ3v) is 5.75. The van der Waals surface area contributed by atoms with Gasteiger partial charge in [-0.1, -0.05) is 24.3 Å². The van der Waals surface area contributed by atoms with Gasteiger partial charge in [0, 0.05) is 36.9 Å². The lowest BCUT2D eigenvalue weighted by Crippen LogP contribution is -2.31. The van der Waals surface area contributed by atoms with Crippen molar-refractivity contribution in [3.8, 4) is 11.6 Å². The number of aromatic nitrogens is 4. The highest BCUT2D eigenvalue weighted by atomic mass is 16.4. The normalized spacial score (nSPS) is 16.4. The van der Waals surface area contributed by atoms with Gasteiger partial charge >= 0.3 is 0 Å². The van der Waals surface area contributed by atoms with Gasteiger partial charge < -0.3 is 13.9 Å². The first-order chi connectivity index (χ1) is 14.7. The molecule has 0 radical (unpaired) electrons. The van der Waals surface area contributed by atoms with Crippen molar-refractivity contribution >= 4 is 16.8 Å². The molecular weight excluding hydrogens is 378 g/mol. The van der Waals surface area contributed by atoms with E-state index in [1.807, 2.05) is 35.2 Å². The van der Waals surface area contributed by atoms with E-state index in [1.54, 1.807) is 6.20 Å². The second-order valence-corrected chi connectivity index (χ2v) is 7.65. The molecule has 3 aromatic heterocycles. The fourth-order valence-electron chi connectivity index (χ4n) is 4.28. The van der Waals surface area contributed by atoms with Crippen LogP contribution in [0.1, 0.15) is 36.9 Å². The molecule has 1 unspecified atom stereocenters. The van der Waals surface area contributed by atoms with Crippen molar-refractivity contribution in [1.29, 1.82) is 0 Å². The topological polar surface area (TPSA) is 77.1 Å². The fraction of sp³-hybridized carbons (Fsp3) is 0.304. The van der Waals surface area contributed by atoms with Crippen molar-refractivity contribution in [1.82, 2.24) is 24.6 Å². The molecule has 0 bridgehead atoms. The summed E-state index contributed by atoms with van der Waals surface area (Å²) >= 11 is 0. The Morgan fingerprint density at radius 3 is 2.90 bits per heavy atom. The first-order valence-corrected chi connectivity index (χ1v) is 10.3. The van der Waals surface area contributed by atoms with Gasteiger partial charge in [-0.3, -0.25) is 9.78 Å². The predicted molar refractivity (Wildman–Crippen MR) is 113 cm³/mol. The van der Waals surface area contributed by atoms with E-state index < -0.39 is 0 Å². The Morgan fingerprint density at radius 2 is 2.03 bits per heavy atom. The molecule has 0 spiro atoms. The highest BCUT2D eigenvalue weighted by Gasteiger charge is 2.33. The molecule has 0 aliphatic carbocycles. The number of carbonyl (C=O) groups excluding carboxylic acids is 1. The van der Waals surface area contributed by atoms with Gasteiger partial charge in [-0.05, 0) is 49.4 Å². The van der Waals surface area contributed by atoms with E-state index in [1.165, 1.54) is 11.1 Å². The van der Waals surface area contributed by atoms with Gasteiger partial charge in [0.25, 0.3) is 5.89 Å². The summed E-state index contributed by atoms with van der Waals surface area (Å²) in [6.45, 7) is 3.46. The summed E-state index contributed by atoms with van der Waals surface area (Å²) in [5, 5.41) is 9.56. The minimum absolute atomic E-state index is 0.118. The zero-order valence-electron chi connectivity index (χ0n) is 16.9. The predicted octanol–water partition coefficient (Wildman–Crippen LogP) is 4.15. The third kappa shape index (κ3) is 3.36. The number of carbonyl (C=O) groups is 1. The number of likely N-dealkylation sites (tertiary alicyclic amines) is 1. The summed E-state index contributed by atoms with van der Waals surface area (Å²) in [6, 6.07) is 15.8. The smallest absolute Gasteiger partial charge is 0.266 e. The summed E-state index contributed by atoms with van der Waals surface area (Å²) in [5.74, 6) is 0.996. The Kier molecular flexibility index (Phi) is 4.78. The fourth-order valence-corrected chi connectivity index (χ4v) is 4.28. The van der Waals surface area contributed by atoms with Crippen LogP contribution in [-0.2, 0) is 11.3 Å². The zero-order chi connectivity index (χ0) is 20.5. The SMILES string of the molecule is Cc1cc2ccccc2n1CCC(=O)N1CCCC1c1nnc(-c2ccccn2)o1. The molecule has 4 heterocycles. The highest BCUT2D eigenvalue weighted by Crippen LogP contribution is 2.33. The lowest BCUT2D eigenvalue weighted by molar-refractivity contribution is -0.132. The summed E-state index contributed by atoms with van der Waals surface area (Å²) in [5.41, 5.74) is 2.97. The first-order valence-electron chi connectivity index (χ1n) is 10.3. The average Bonchev–Trinajstić information content (AvgIpc) is 3.50. The molecule has 30 heavy (non-hydrogen) atoms. The second kappa shape index (κ2) is 7.74. The van der Waals surface area contributed by atoms with Gasteiger partial charge in [0.15, 0.2) is 0 Å². The molecule has 0 N–H and O–H groups in total. The van der Waals surface area contributed by atoms with Crippen LogP contribution in [0, 0.1) is 6.92 Å². The van der Waals surface area contributed by atoms with Crippen LogP contribution in [-0.4, -0.2) is 37.1 Å². The molecule has 4 aromatic rings. The number of aryl methyl sites for hydroxylation is 2. The molecule has 5 rings (SSSR count). The molecule has 1 fully saturated rings. The largest absolute Gasteiger partial charge is 0.417 e. The number of rotatable bonds is 5. The molecule has 152 valence electrons. The van der Waals surface area contributed by atoms with Crippen molar-refractivity contribution in [2.24, 2.45) is 0 Å². The molecule has 7 nitrogen and oxygen atoms in total. The summed E-state index contributed by atoms with van der Waals surface area (Å²) in [6.07, 6.45) is 3.90. The van der Waals surface area contributed by atoms with Crippen LogP contribution < -0.4 is 0 Å². The minimum atomic E-state index is -0.162. The number of para-hydroxylation sites is 1.